The van der Waals surface area contributed by atoms with Gasteiger partial charge in [0, 0.05) is 62.1 Å². The fraction of sp³-hybridized carbons (Fsp3) is 0.425. The van der Waals surface area contributed by atoms with Crippen LogP contribution in [-0.2, 0) is 48.8 Å². The minimum absolute atomic E-state index is 0.0405. The molecule has 16 nitrogen and oxygen atoms in total. The average molecular weight is 801 g/mol. The van der Waals surface area contributed by atoms with Crippen LogP contribution in [0.1, 0.15) is 54.4 Å². The molecule has 1 saturated heterocycles. The van der Waals surface area contributed by atoms with Gasteiger partial charge in [-0.15, -0.1) is 0 Å². The lowest BCUT2D eigenvalue weighted by molar-refractivity contribution is -0.129. The number of nitrogen functional groups attached to an aromatic ring is 1. The summed E-state index contributed by atoms with van der Waals surface area (Å²) in [5, 5.41) is 19.2. The van der Waals surface area contributed by atoms with Crippen molar-refractivity contribution in [2.24, 2.45) is 5.73 Å². The van der Waals surface area contributed by atoms with E-state index in [4.69, 9.17) is 11.1 Å². The molecule has 304 valence electrons. The maximum atomic E-state index is 14.2. The molecule has 9 N–H and O–H groups in total. The van der Waals surface area contributed by atoms with Gasteiger partial charge in [0.2, 0.25) is 23.6 Å². The van der Waals surface area contributed by atoms with E-state index in [1.165, 1.54) is 0 Å². The Kier molecular flexibility index (Phi) is 14.0. The summed E-state index contributed by atoms with van der Waals surface area (Å²) in [5.74, 6) is -1.66. The first-order chi connectivity index (χ1) is 27.4. The lowest BCUT2D eigenvalue weighted by atomic mass is 9.96. The molecule has 6 aliphatic heterocycles. The molecule has 3 aromatic rings. The van der Waals surface area contributed by atoms with Crippen molar-refractivity contribution in [2.45, 2.75) is 69.6 Å². The van der Waals surface area contributed by atoms with Crippen molar-refractivity contribution in [3.8, 4) is 0 Å². The van der Waals surface area contributed by atoms with Crippen molar-refractivity contribution < 1.29 is 27.6 Å². The van der Waals surface area contributed by atoms with E-state index in [1.807, 2.05) is 9.80 Å². The van der Waals surface area contributed by atoms with Crippen molar-refractivity contribution in [3.05, 3.63) is 95.1 Å². The third-order valence-electron chi connectivity index (χ3n) is 10.5. The molecule has 1 saturated carbocycles. The van der Waals surface area contributed by atoms with Gasteiger partial charge >= 0.3 is 0 Å². The summed E-state index contributed by atoms with van der Waals surface area (Å²) >= 11 is 0. The highest BCUT2D eigenvalue weighted by molar-refractivity contribution is 7.87. The zero-order valence-corrected chi connectivity index (χ0v) is 32.7. The highest BCUT2D eigenvalue weighted by atomic mass is 32.2. The molecule has 7 aliphatic rings. The summed E-state index contributed by atoms with van der Waals surface area (Å²) < 4.78 is 32.3. The second-order valence-electron chi connectivity index (χ2n) is 15.0. The van der Waals surface area contributed by atoms with E-state index >= 15 is 0 Å². The summed E-state index contributed by atoms with van der Waals surface area (Å²) in [6, 6.07) is 18.0. The normalized spacial score (nSPS) is 22.8. The van der Waals surface area contributed by atoms with Crippen LogP contribution in [-0.4, -0.2) is 105 Å². The van der Waals surface area contributed by atoms with Gasteiger partial charge in [-0.05, 0) is 60.2 Å². The van der Waals surface area contributed by atoms with E-state index in [0.29, 0.717) is 67.1 Å². The second-order valence-corrected chi connectivity index (χ2v) is 16.4. The first kappa shape index (κ1) is 41.4. The van der Waals surface area contributed by atoms with Gasteiger partial charge in [0.15, 0.2) is 0 Å². The molecule has 17 heteroatoms. The van der Waals surface area contributed by atoms with E-state index in [-0.39, 0.29) is 56.2 Å². The van der Waals surface area contributed by atoms with Gasteiger partial charge in [-0.2, -0.15) is 17.9 Å². The van der Waals surface area contributed by atoms with Crippen LogP contribution >= 0.6 is 0 Å². The summed E-state index contributed by atoms with van der Waals surface area (Å²) in [5.41, 5.74) is 9.31. The lowest BCUT2D eigenvalue weighted by Crippen LogP contribution is -2.57. The summed E-state index contributed by atoms with van der Waals surface area (Å²) in [4.78, 5) is 58.0. The number of benzene rings is 3. The molecule has 3 aromatic carbocycles. The summed E-state index contributed by atoms with van der Waals surface area (Å²) in [6.45, 7) is 3.03. The van der Waals surface area contributed by atoms with Crippen molar-refractivity contribution >= 4 is 51.0 Å². The van der Waals surface area contributed by atoms with Crippen LogP contribution in [0.5, 0.6) is 0 Å². The second kappa shape index (κ2) is 19.3. The first-order valence-electron chi connectivity index (χ1n) is 19.4. The van der Waals surface area contributed by atoms with Crippen LogP contribution in [0.15, 0.2) is 72.8 Å². The SMILES string of the molecule is N=C(N)c1ccc(CNC(=O)[C@@H]2Cc3ccc(cc3)NC(=O)CN3CCN(CC3)CC(=O)Nc3ccc(cc3)C[C@@H](NS(=O)(=O)NC3CCCCC3)C(=O)N2)cc1. The molecular formula is C40H52N10O6S. The van der Waals surface area contributed by atoms with Crippen LogP contribution in [0.25, 0.3) is 0 Å². The van der Waals surface area contributed by atoms with Crippen LogP contribution in [0.2, 0.25) is 0 Å². The molecule has 1 aliphatic carbocycles. The summed E-state index contributed by atoms with van der Waals surface area (Å²) in [6.07, 6.45) is 4.26. The molecule has 6 bridgehead atoms. The number of carbonyl (C=O) groups excluding carboxylic acids is 4. The number of nitrogens with one attached hydrogen (secondary N) is 7. The molecule has 10 rings (SSSR count). The molecule has 57 heavy (non-hydrogen) atoms. The van der Waals surface area contributed by atoms with Crippen molar-refractivity contribution in [3.63, 3.8) is 0 Å². The van der Waals surface area contributed by atoms with Gasteiger partial charge in [-0.25, -0.2) is 0 Å². The number of nitrogens with two attached hydrogens (primary N) is 1. The fourth-order valence-corrected chi connectivity index (χ4v) is 8.59. The minimum Gasteiger partial charge on any atom is -0.384 e. The van der Waals surface area contributed by atoms with Gasteiger partial charge in [-0.3, -0.25) is 34.4 Å². The lowest BCUT2D eigenvalue weighted by Gasteiger charge is -2.33. The van der Waals surface area contributed by atoms with Crippen molar-refractivity contribution in [1.29, 1.82) is 5.41 Å². The molecule has 0 spiro atoms. The van der Waals surface area contributed by atoms with E-state index < -0.39 is 34.1 Å². The average Bonchev–Trinajstić information content (AvgIpc) is 3.18. The molecular weight excluding hydrogens is 749 g/mol. The van der Waals surface area contributed by atoms with E-state index in [9.17, 15) is 27.6 Å². The number of anilines is 2. The van der Waals surface area contributed by atoms with Crippen LogP contribution in [0, 0.1) is 5.41 Å². The summed E-state index contributed by atoms with van der Waals surface area (Å²) in [7, 11) is -4.15. The van der Waals surface area contributed by atoms with Crippen LogP contribution in [0.4, 0.5) is 11.4 Å². The maximum absolute atomic E-state index is 14.2. The Balaban J connectivity index is 1.26. The highest BCUT2D eigenvalue weighted by Gasteiger charge is 2.31. The van der Waals surface area contributed by atoms with Crippen LogP contribution < -0.4 is 36.4 Å². The standard InChI is InChI=1S/C40H52N10O6S/c41-38(42)30-12-6-29(7-13-30)24-43-39(53)34-22-27-8-14-31(15-9-27)44-36(51)25-49-18-20-50(21-19-49)26-37(52)45-32-16-10-28(11-17-32)23-35(40(54)46-34)48-57(55,56)47-33-4-2-1-3-5-33/h6-17,33-35,47-48H,1-5,18-26H2,(H3,41,42)(H,43,53)(H,44,51)(H,45,52)(H,46,54)/t34-,35+/m0/s1. The third kappa shape index (κ3) is 12.6. The van der Waals surface area contributed by atoms with Gasteiger partial charge in [-0.1, -0.05) is 67.8 Å². The zero-order valence-electron chi connectivity index (χ0n) is 31.9. The van der Waals surface area contributed by atoms with Gasteiger partial charge < -0.3 is 27.0 Å². The van der Waals surface area contributed by atoms with E-state index in [0.717, 1.165) is 24.8 Å². The van der Waals surface area contributed by atoms with Crippen LogP contribution in [0.3, 0.4) is 0 Å². The van der Waals surface area contributed by atoms with Gasteiger partial charge in [0.1, 0.15) is 17.9 Å². The zero-order chi connectivity index (χ0) is 40.4. The van der Waals surface area contributed by atoms with Gasteiger partial charge in [0.25, 0.3) is 10.2 Å². The van der Waals surface area contributed by atoms with Gasteiger partial charge in [0.05, 0.1) is 13.1 Å². The van der Waals surface area contributed by atoms with E-state index in [2.05, 4.69) is 30.7 Å². The number of carbonyl (C=O) groups is 4. The molecule has 6 heterocycles. The molecule has 0 aromatic heterocycles. The Hall–Kier alpha value is -5.20. The first-order valence-corrected chi connectivity index (χ1v) is 20.9. The Labute approximate surface area is 333 Å². The van der Waals surface area contributed by atoms with E-state index in [1.54, 1.807) is 72.8 Å². The Morgan fingerprint density at radius 1 is 0.737 bits per heavy atom. The molecule has 0 radical (unpaired) electrons. The number of amides is 4. The maximum Gasteiger partial charge on any atom is 0.277 e. The Bertz CT molecular complexity index is 2000. The van der Waals surface area contributed by atoms with Crippen molar-refractivity contribution in [2.75, 3.05) is 49.9 Å². The Morgan fingerprint density at radius 3 is 1.79 bits per heavy atom. The molecule has 4 amide bonds. The van der Waals surface area contributed by atoms with Crippen molar-refractivity contribution in [1.82, 2.24) is 29.9 Å². The number of hydrogen-bond donors (Lipinski definition) is 8. The molecule has 2 atom stereocenters. The topological polar surface area (TPSA) is 231 Å². The fourth-order valence-electron chi connectivity index (χ4n) is 7.28. The molecule has 2 fully saturated rings. The Morgan fingerprint density at radius 2 is 1.26 bits per heavy atom. The minimum atomic E-state index is -4.15. The number of nitrogens with zero attached hydrogens (tertiary/aromatic N) is 2. The quantitative estimate of drug-likeness (QED) is 0.121. The third-order valence-corrected chi connectivity index (χ3v) is 11.7. The monoisotopic (exact) mass is 800 g/mol. The number of piperazine rings is 1. The largest absolute Gasteiger partial charge is 0.384 e. The highest BCUT2D eigenvalue weighted by Crippen LogP contribution is 2.19. The smallest absolute Gasteiger partial charge is 0.277 e. The predicted octanol–water partition coefficient (Wildman–Crippen LogP) is 1.19. The number of fused-ring (bicyclic) bond motifs is 1. The number of hydrogen-bond acceptors (Lipinski definition) is 9. The molecule has 0 unspecified atom stereocenters. The predicted molar refractivity (Wildman–Crippen MR) is 218 cm³/mol. The number of rotatable bonds is 8. The number of amidine groups is 1.